The molecule has 1 aliphatic heterocycles. The summed E-state index contributed by atoms with van der Waals surface area (Å²) in [5.41, 5.74) is 4.78. The average Bonchev–Trinajstić information content (AvgIpc) is 3.17. The van der Waals surface area contributed by atoms with Gasteiger partial charge in [-0.05, 0) is 23.3 Å². The maximum absolute atomic E-state index is 12.9. The molecule has 0 spiro atoms. The minimum absolute atomic E-state index is 0.166. The molecule has 8 nitrogen and oxygen atoms in total. The van der Waals surface area contributed by atoms with E-state index in [1.165, 1.54) is 0 Å². The molecule has 8 heteroatoms. The molecular weight excluding hydrogens is 420 g/mol. The van der Waals surface area contributed by atoms with Gasteiger partial charge in [0.25, 0.3) is 11.8 Å². The molecule has 1 aliphatic rings. The maximum atomic E-state index is 12.9. The normalized spacial score (nSPS) is 15.0. The third kappa shape index (κ3) is 5.47. The zero-order chi connectivity index (χ0) is 23.2. The minimum Gasteiger partial charge on any atom is -0.380 e. The van der Waals surface area contributed by atoms with Gasteiger partial charge in [0.05, 0.1) is 25.0 Å². The average molecular weight is 449 g/mol. The van der Waals surface area contributed by atoms with Gasteiger partial charge in [0, 0.05) is 44.8 Å². The van der Waals surface area contributed by atoms with Crippen molar-refractivity contribution in [3.8, 4) is 0 Å². The van der Waals surface area contributed by atoms with Crippen LogP contribution in [-0.2, 0) is 42.7 Å². The molecule has 1 aromatic heterocycles. The Labute approximate surface area is 192 Å². The van der Waals surface area contributed by atoms with Gasteiger partial charge in [-0.25, -0.2) is 0 Å². The highest BCUT2D eigenvalue weighted by Crippen LogP contribution is 2.23. The van der Waals surface area contributed by atoms with Gasteiger partial charge >= 0.3 is 0 Å². The summed E-state index contributed by atoms with van der Waals surface area (Å²) in [6.45, 7) is 1.60. The van der Waals surface area contributed by atoms with Gasteiger partial charge in [-0.3, -0.25) is 14.3 Å². The monoisotopic (exact) mass is 448 g/mol. The van der Waals surface area contributed by atoms with Crippen LogP contribution >= 0.6 is 0 Å². The Morgan fingerprint density at radius 1 is 1.06 bits per heavy atom. The van der Waals surface area contributed by atoms with Gasteiger partial charge in [-0.2, -0.15) is 5.10 Å². The molecule has 172 valence electrons. The molecule has 1 unspecified atom stereocenters. The number of rotatable bonds is 8. The second kappa shape index (κ2) is 10.4. The van der Waals surface area contributed by atoms with Crippen LogP contribution in [0.4, 0.5) is 0 Å². The Morgan fingerprint density at radius 2 is 1.82 bits per heavy atom. The first-order chi connectivity index (χ1) is 16.0. The van der Waals surface area contributed by atoms with Crippen LogP contribution in [0.15, 0.2) is 54.6 Å². The third-order valence-electron chi connectivity index (χ3n) is 5.64. The number of ether oxygens (including phenoxy) is 2. The lowest BCUT2D eigenvalue weighted by Gasteiger charge is -2.23. The number of aryl methyl sites for hydroxylation is 1. The SMILES string of the molecule is COCc1ccc(C(=O)NCC2Cc3c(nn(C)c3C(=O)NCc3ccccc3)CO2)cc1. The van der Waals surface area contributed by atoms with Crippen LogP contribution in [0.2, 0.25) is 0 Å². The second-order valence-corrected chi connectivity index (χ2v) is 8.04. The summed E-state index contributed by atoms with van der Waals surface area (Å²) >= 11 is 0. The molecule has 3 aromatic rings. The summed E-state index contributed by atoms with van der Waals surface area (Å²) in [7, 11) is 3.40. The van der Waals surface area contributed by atoms with Crippen LogP contribution in [0.1, 0.15) is 43.2 Å². The summed E-state index contributed by atoms with van der Waals surface area (Å²) in [6, 6.07) is 17.1. The van der Waals surface area contributed by atoms with Gasteiger partial charge in [0.15, 0.2) is 0 Å². The highest BCUT2D eigenvalue weighted by molar-refractivity contribution is 5.95. The largest absolute Gasteiger partial charge is 0.380 e. The molecule has 0 fully saturated rings. The first-order valence-corrected chi connectivity index (χ1v) is 10.9. The van der Waals surface area contributed by atoms with Crippen LogP contribution < -0.4 is 10.6 Å². The molecule has 2 heterocycles. The highest BCUT2D eigenvalue weighted by Gasteiger charge is 2.29. The zero-order valence-electron chi connectivity index (χ0n) is 18.8. The lowest BCUT2D eigenvalue weighted by Crippen LogP contribution is -2.37. The van der Waals surface area contributed by atoms with Gasteiger partial charge in [0.2, 0.25) is 0 Å². The van der Waals surface area contributed by atoms with Crippen LogP contribution in [0, 0.1) is 0 Å². The Balaban J connectivity index is 1.36. The van der Waals surface area contributed by atoms with Crippen molar-refractivity contribution in [2.45, 2.75) is 32.3 Å². The fourth-order valence-electron chi connectivity index (χ4n) is 3.94. The Kier molecular flexibility index (Phi) is 7.16. The van der Waals surface area contributed by atoms with Crippen LogP contribution in [0.25, 0.3) is 0 Å². The number of hydrogen-bond acceptors (Lipinski definition) is 5. The fraction of sp³-hybridized carbons (Fsp3) is 0.320. The molecule has 2 amide bonds. The van der Waals surface area contributed by atoms with E-state index in [-0.39, 0.29) is 17.9 Å². The summed E-state index contributed by atoms with van der Waals surface area (Å²) in [5, 5.41) is 10.4. The Hall–Kier alpha value is -3.49. The molecule has 33 heavy (non-hydrogen) atoms. The number of aromatic nitrogens is 2. The number of amides is 2. The molecular formula is C25H28N4O4. The van der Waals surface area contributed by atoms with Crippen molar-refractivity contribution in [2.24, 2.45) is 7.05 Å². The van der Waals surface area contributed by atoms with E-state index < -0.39 is 0 Å². The van der Waals surface area contributed by atoms with Crippen molar-refractivity contribution in [1.82, 2.24) is 20.4 Å². The number of methoxy groups -OCH3 is 1. The summed E-state index contributed by atoms with van der Waals surface area (Å²) < 4.78 is 12.6. The molecule has 1 atom stereocenters. The predicted octanol–water partition coefficient (Wildman–Crippen LogP) is 2.37. The second-order valence-electron chi connectivity index (χ2n) is 8.04. The van der Waals surface area contributed by atoms with E-state index in [1.54, 1.807) is 31.0 Å². The van der Waals surface area contributed by atoms with E-state index >= 15 is 0 Å². The molecule has 0 aliphatic carbocycles. The van der Waals surface area contributed by atoms with Gasteiger partial charge < -0.3 is 20.1 Å². The molecule has 0 radical (unpaired) electrons. The quantitative estimate of drug-likeness (QED) is 0.552. The van der Waals surface area contributed by atoms with E-state index in [9.17, 15) is 9.59 Å². The van der Waals surface area contributed by atoms with E-state index in [0.717, 1.165) is 22.4 Å². The first-order valence-electron chi connectivity index (χ1n) is 10.9. The van der Waals surface area contributed by atoms with Crippen LogP contribution in [0.3, 0.4) is 0 Å². The zero-order valence-corrected chi connectivity index (χ0v) is 18.8. The number of nitrogens with one attached hydrogen (secondary N) is 2. The summed E-state index contributed by atoms with van der Waals surface area (Å²) in [4.78, 5) is 25.4. The standard InChI is InChI=1S/C25H28N4O4/c1-29-23(25(31)26-13-17-6-4-3-5-7-17)21-12-20(33-16-22(21)28-29)14-27-24(30)19-10-8-18(9-11-19)15-32-2/h3-11,20H,12-16H2,1-2H3,(H,26,31)(H,27,30). The van der Waals surface area contributed by atoms with Crippen LogP contribution in [0.5, 0.6) is 0 Å². The lowest BCUT2D eigenvalue weighted by molar-refractivity contribution is 0.0265. The van der Waals surface area contributed by atoms with Gasteiger partial charge in [-0.15, -0.1) is 0 Å². The van der Waals surface area contributed by atoms with E-state index in [2.05, 4.69) is 15.7 Å². The Bertz CT molecular complexity index is 1110. The topological polar surface area (TPSA) is 94.5 Å². The number of hydrogen-bond donors (Lipinski definition) is 2. The molecule has 0 saturated carbocycles. The number of fused-ring (bicyclic) bond motifs is 1. The van der Waals surface area contributed by atoms with Crippen molar-refractivity contribution in [1.29, 1.82) is 0 Å². The first kappa shape index (κ1) is 22.7. The molecule has 0 saturated heterocycles. The van der Waals surface area contributed by atoms with E-state index in [1.807, 2.05) is 42.5 Å². The van der Waals surface area contributed by atoms with Crippen molar-refractivity contribution in [3.05, 3.63) is 88.2 Å². The molecule has 2 N–H and O–H groups in total. The van der Waals surface area contributed by atoms with Crippen molar-refractivity contribution in [2.75, 3.05) is 13.7 Å². The molecule has 2 aromatic carbocycles. The van der Waals surface area contributed by atoms with Gasteiger partial charge in [0.1, 0.15) is 5.69 Å². The maximum Gasteiger partial charge on any atom is 0.270 e. The van der Waals surface area contributed by atoms with E-state index in [4.69, 9.17) is 9.47 Å². The number of benzene rings is 2. The number of carbonyl (C=O) groups is 2. The smallest absolute Gasteiger partial charge is 0.270 e. The van der Waals surface area contributed by atoms with Gasteiger partial charge in [-0.1, -0.05) is 42.5 Å². The number of nitrogens with zero attached hydrogens (tertiary/aromatic N) is 2. The lowest BCUT2D eigenvalue weighted by atomic mass is 10.0. The van der Waals surface area contributed by atoms with E-state index in [0.29, 0.717) is 44.0 Å². The predicted molar refractivity (Wildman–Crippen MR) is 123 cm³/mol. The number of carbonyl (C=O) groups excluding carboxylic acids is 2. The van der Waals surface area contributed by atoms with Crippen molar-refractivity contribution >= 4 is 11.8 Å². The van der Waals surface area contributed by atoms with Crippen LogP contribution in [-0.4, -0.2) is 41.4 Å². The minimum atomic E-state index is -0.237. The summed E-state index contributed by atoms with van der Waals surface area (Å²) in [5.74, 6) is -0.337. The molecule has 0 bridgehead atoms. The van der Waals surface area contributed by atoms with Crippen molar-refractivity contribution < 1.29 is 19.1 Å². The molecule has 4 rings (SSSR count). The highest BCUT2D eigenvalue weighted by atomic mass is 16.5. The fourth-order valence-corrected chi connectivity index (χ4v) is 3.94. The van der Waals surface area contributed by atoms with Crippen molar-refractivity contribution in [3.63, 3.8) is 0 Å². The summed E-state index contributed by atoms with van der Waals surface area (Å²) in [6.07, 6.45) is 0.267. The Morgan fingerprint density at radius 3 is 2.55 bits per heavy atom. The third-order valence-corrected chi connectivity index (χ3v) is 5.64.